The van der Waals surface area contributed by atoms with Gasteiger partial charge >= 0.3 is 0 Å². The minimum Gasteiger partial charge on any atom is -0.387 e. The number of pyridine rings is 1. The van der Waals surface area contributed by atoms with Crippen molar-refractivity contribution in [1.29, 1.82) is 0 Å². The zero-order chi connectivity index (χ0) is 15.8. The van der Waals surface area contributed by atoms with Gasteiger partial charge in [0.05, 0.1) is 29.8 Å². The Labute approximate surface area is 135 Å². The van der Waals surface area contributed by atoms with E-state index >= 15 is 0 Å². The van der Waals surface area contributed by atoms with Crippen molar-refractivity contribution in [2.45, 2.75) is 18.9 Å². The van der Waals surface area contributed by atoms with Gasteiger partial charge in [0.25, 0.3) is 0 Å². The molecule has 0 spiro atoms. The molecular weight excluding hydrogens is 288 g/mol. The number of nitrogens with zero attached hydrogens (tertiary/aromatic N) is 5. The molecule has 0 aromatic carbocycles. The van der Waals surface area contributed by atoms with Gasteiger partial charge in [-0.05, 0) is 45.1 Å². The molecular formula is C17H22N6. The Bertz CT molecular complexity index is 809. The SMILES string of the molecule is CNc1ccc2ncc(-c3cnn(C4CCN(C)CC4)c3)n2c1. The first-order valence-electron chi connectivity index (χ1n) is 8.12. The quantitative estimate of drug-likeness (QED) is 0.807. The maximum Gasteiger partial charge on any atom is 0.137 e. The summed E-state index contributed by atoms with van der Waals surface area (Å²) in [5.41, 5.74) is 4.21. The number of nitrogens with one attached hydrogen (secondary N) is 1. The van der Waals surface area contributed by atoms with Crippen molar-refractivity contribution in [1.82, 2.24) is 24.1 Å². The molecule has 0 aliphatic carbocycles. The third-order valence-corrected chi connectivity index (χ3v) is 4.75. The average Bonchev–Trinajstić information content (AvgIpc) is 3.21. The summed E-state index contributed by atoms with van der Waals surface area (Å²) in [4.78, 5) is 6.87. The first kappa shape index (κ1) is 14.3. The van der Waals surface area contributed by atoms with E-state index in [0.29, 0.717) is 6.04 Å². The van der Waals surface area contributed by atoms with Crippen molar-refractivity contribution in [3.05, 3.63) is 36.9 Å². The van der Waals surface area contributed by atoms with Crippen LogP contribution in [0.15, 0.2) is 36.9 Å². The van der Waals surface area contributed by atoms with Crippen LogP contribution in [0.4, 0.5) is 5.69 Å². The van der Waals surface area contributed by atoms with Gasteiger partial charge in [-0.15, -0.1) is 0 Å². The number of rotatable bonds is 3. The van der Waals surface area contributed by atoms with Crippen molar-refractivity contribution in [2.24, 2.45) is 0 Å². The van der Waals surface area contributed by atoms with Crippen LogP contribution >= 0.6 is 0 Å². The van der Waals surface area contributed by atoms with Crippen LogP contribution in [-0.2, 0) is 0 Å². The van der Waals surface area contributed by atoms with Crippen LogP contribution in [0.1, 0.15) is 18.9 Å². The molecule has 1 aliphatic heterocycles. The Morgan fingerprint density at radius 1 is 1.13 bits per heavy atom. The van der Waals surface area contributed by atoms with E-state index in [0.717, 1.165) is 48.5 Å². The normalized spacial score (nSPS) is 17.0. The maximum absolute atomic E-state index is 4.61. The molecule has 0 unspecified atom stereocenters. The van der Waals surface area contributed by atoms with Crippen LogP contribution in [-0.4, -0.2) is 51.2 Å². The van der Waals surface area contributed by atoms with Gasteiger partial charge in [-0.1, -0.05) is 0 Å². The van der Waals surface area contributed by atoms with Gasteiger partial charge in [0, 0.05) is 25.0 Å². The fraction of sp³-hybridized carbons (Fsp3) is 0.412. The fourth-order valence-corrected chi connectivity index (χ4v) is 3.27. The number of anilines is 1. The molecule has 6 nitrogen and oxygen atoms in total. The van der Waals surface area contributed by atoms with Gasteiger partial charge in [-0.3, -0.25) is 9.08 Å². The smallest absolute Gasteiger partial charge is 0.137 e. The van der Waals surface area contributed by atoms with E-state index < -0.39 is 0 Å². The van der Waals surface area contributed by atoms with Crippen LogP contribution in [0.2, 0.25) is 0 Å². The molecule has 1 fully saturated rings. The maximum atomic E-state index is 4.61. The highest BCUT2D eigenvalue weighted by Crippen LogP contribution is 2.26. The Balaban J connectivity index is 1.66. The molecule has 0 atom stereocenters. The standard InChI is InChI=1S/C17H22N6/c1-18-14-3-4-17-19-10-16(22(17)12-14)13-9-20-23(11-13)15-5-7-21(2)8-6-15/h3-4,9-12,15,18H,5-8H2,1-2H3. The highest BCUT2D eigenvalue weighted by Gasteiger charge is 2.19. The summed E-state index contributed by atoms with van der Waals surface area (Å²) < 4.78 is 4.24. The summed E-state index contributed by atoms with van der Waals surface area (Å²) in [6.45, 7) is 2.28. The number of aromatic nitrogens is 4. The Hall–Kier alpha value is -2.34. The van der Waals surface area contributed by atoms with Crippen LogP contribution in [0.3, 0.4) is 0 Å². The van der Waals surface area contributed by atoms with E-state index in [9.17, 15) is 0 Å². The largest absolute Gasteiger partial charge is 0.387 e. The molecule has 0 bridgehead atoms. The minimum atomic E-state index is 0.506. The predicted molar refractivity (Wildman–Crippen MR) is 91.7 cm³/mol. The molecule has 3 aromatic rings. The minimum absolute atomic E-state index is 0.506. The summed E-state index contributed by atoms with van der Waals surface area (Å²) >= 11 is 0. The van der Waals surface area contributed by atoms with Gasteiger partial charge in [0.2, 0.25) is 0 Å². The van der Waals surface area contributed by atoms with Gasteiger partial charge in [-0.2, -0.15) is 5.10 Å². The van der Waals surface area contributed by atoms with Gasteiger partial charge < -0.3 is 10.2 Å². The molecule has 0 saturated carbocycles. The van der Waals surface area contributed by atoms with E-state index in [-0.39, 0.29) is 0 Å². The van der Waals surface area contributed by atoms with E-state index in [1.54, 1.807) is 0 Å². The van der Waals surface area contributed by atoms with Gasteiger partial charge in [-0.25, -0.2) is 4.98 Å². The second-order valence-corrected chi connectivity index (χ2v) is 6.28. The zero-order valence-corrected chi connectivity index (χ0v) is 13.6. The molecule has 120 valence electrons. The number of likely N-dealkylation sites (tertiary alicyclic amines) is 1. The molecule has 0 radical (unpaired) electrons. The predicted octanol–water partition coefficient (Wildman–Crippen LogP) is 2.51. The fourth-order valence-electron chi connectivity index (χ4n) is 3.27. The van der Waals surface area contributed by atoms with E-state index in [2.05, 4.69) is 48.8 Å². The summed E-state index contributed by atoms with van der Waals surface area (Å²) in [6.07, 6.45) is 10.4. The number of hydrogen-bond donors (Lipinski definition) is 1. The topological polar surface area (TPSA) is 50.4 Å². The van der Waals surface area contributed by atoms with Gasteiger partial charge in [0.15, 0.2) is 0 Å². The first-order chi connectivity index (χ1) is 11.2. The molecule has 6 heteroatoms. The lowest BCUT2D eigenvalue weighted by Gasteiger charge is -2.28. The summed E-state index contributed by atoms with van der Waals surface area (Å²) in [5.74, 6) is 0. The second kappa shape index (κ2) is 5.70. The monoisotopic (exact) mass is 310 g/mol. The lowest BCUT2D eigenvalue weighted by atomic mass is 10.1. The molecule has 4 rings (SSSR count). The van der Waals surface area contributed by atoms with Gasteiger partial charge in [0.1, 0.15) is 5.65 Å². The molecule has 0 amide bonds. The molecule has 1 aliphatic rings. The zero-order valence-electron chi connectivity index (χ0n) is 13.6. The average molecular weight is 310 g/mol. The second-order valence-electron chi connectivity index (χ2n) is 6.28. The van der Waals surface area contributed by atoms with Crippen LogP contribution in [0.5, 0.6) is 0 Å². The third-order valence-electron chi connectivity index (χ3n) is 4.75. The summed E-state index contributed by atoms with van der Waals surface area (Å²) in [6, 6.07) is 4.57. The first-order valence-corrected chi connectivity index (χ1v) is 8.12. The number of hydrogen-bond acceptors (Lipinski definition) is 4. The number of fused-ring (bicyclic) bond motifs is 1. The van der Waals surface area contributed by atoms with Crippen LogP contribution in [0.25, 0.3) is 16.9 Å². The lowest BCUT2D eigenvalue weighted by molar-refractivity contribution is 0.212. The summed E-state index contributed by atoms with van der Waals surface area (Å²) in [7, 11) is 4.11. The summed E-state index contributed by atoms with van der Waals surface area (Å²) in [5, 5.41) is 7.79. The van der Waals surface area contributed by atoms with Crippen molar-refractivity contribution >= 4 is 11.3 Å². The Morgan fingerprint density at radius 3 is 2.74 bits per heavy atom. The highest BCUT2D eigenvalue weighted by molar-refractivity contribution is 5.64. The number of imidazole rings is 1. The highest BCUT2D eigenvalue weighted by atomic mass is 15.3. The molecule has 4 heterocycles. The van der Waals surface area contributed by atoms with E-state index in [4.69, 9.17) is 0 Å². The lowest BCUT2D eigenvalue weighted by Crippen LogP contribution is -2.31. The third kappa shape index (κ3) is 2.59. The Morgan fingerprint density at radius 2 is 1.96 bits per heavy atom. The van der Waals surface area contributed by atoms with Crippen LogP contribution in [0, 0.1) is 0 Å². The van der Waals surface area contributed by atoms with E-state index in [1.807, 2.05) is 31.6 Å². The van der Waals surface area contributed by atoms with E-state index in [1.165, 1.54) is 0 Å². The number of piperidine rings is 1. The van der Waals surface area contributed by atoms with Crippen molar-refractivity contribution in [2.75, 3.05) is 32.5 Å². The van der Waals surface area contributed by atoms with Crippen molar-refractivity contribution in [3.63, 3.8) is 0 Å². The van der Waals surface area contributed by atoms with Crippen molar-refractivity contribution in [3.8, 4) is 11.3 Å². The van der Waals surface area contributed by atoms with Crippen LogP contribution < -0.4 is 5.32 Å². The Kier molecular flexibility index (Phi) is 3.53. The molecule has 1 N–H and O–H groups in total. The molecule has 1 saturated heterocycles. The molecule has 23 heavy (non-hydrogen) atoms. The van der Waals surface area contributed by atoms with Crippen molar-refractivity contribution < 1.29 is 0 Å². The molecule has 3 aromatic heterocycles.